The first-order chi connectivity index (χ1) is 8.08. The van der Waals surface area contributed by atoms with Crippen LogP contribution in [-0.4, -0.2) is 18.0 Å². The average Bonchev–Trinajstić information content (AvgIpc) is 2.29. The van der Waals surface area contributed by atoms with Crippen LogP contribution in [0.5, 0.6) is 0 Å². The highest BCUT2D eigenvalue weighted by molar-refractivity contribution is 5.53. The maximum absolute atomic E-state index is 13.2. The quantitative estimate of drug-likeness (QED) is 0.582. The minimum Gasteiger partial charge on any atom is -0.370 e. The van der Waals surface area contributed by atoms with Crippen molar-refractivity contribution in [1.82, 2.24) is 0 Å². The summed E-state index contributed by atoms with van der Waals surface area (Å²) in [5.74, 6) is -0.649. The molecule has 0 fully saturated rings. The molecule has 0 saturated heterocycles. The van der Waals surface area contributed by atoms with Crippen molar-refractivity contribution < 1.29 is 9.31 Å². The van der Waals surface area contributed by atoms with Crippen LogP contribution in [0, 0.1) is 27.3 Å². The molecule has 0 aliphatic heterocycles. The molecule has 1 aromatic rings. The van der Waals surface area contributed by atoms with Crippen molar-refractivity contribution in [1.29, 1.82) is 5.26 Å². The van der Waals surface area contributed by atoms with Gasteiger partial charge in [0.1, 0.15) is 5.82 Å². The van der Waals surface area contributed by atoms with E-state index in [0.29, 0.717) is 18.8 Å². The highest BCUT2D eigenvalue weighted by atomic mass is 19.1. The number of hydrogen-bond acceptors (Lipinski definition) is 4. The Labute approximate surface area is 98.2 Å². The lowest BCUT2D eigenvalue weighted by molar-refractivity contribution is -0.385. The third-order valence-corrected chi connectivity index (χ3v) is 2.32. The number of hydrogen-bond donors (Lipinski definition) is 0. The third-order valence-electron chi connectivity index (χ3n) is 2.32. The van der Waals surface area contributed by atoms with E-state index in [1.54, 1.807) is 4.90 Å². The van der Waals surface area contributed by atoms with Gasteiger partial charge < -0.3 is 4.90 Å². The van der Waals surface area contributed by atoms with Crippen LogP contribution < -0.4 is 4.90 Å². The summed E-state index contributed by atoms with van der Waals surface area (Å²) in [5, 5.41) is 19.1. The minimum atomic E-state index is -0.649. The molecule has 0 aliphatic rings. The standard InChI is InChI=1S/C11H12FN3O2/c1-2-14(5-3-4-13)10-6-9(12)7-11(8-10)15(16)17/h6-8H,2-3,5H2,1H3. The molecule has 90 valence electrons. The normalized spacial score (nSPS) is 9.71. The molecular weight excluding hydrogens is 225 g/mol. The summed E-state index contributed by atoms with van der Waals surface area (Å²) in [5.41, 5.74) is 0.143. The number of halogens is 1. The number of nitriles is 1. The number of nitro benzene ring substituents is 1. The fraction of sp³-hybridized carbons (Fsp3) is 0.364. The Morgan fingerprint density at radius 1 is 1.53 bits per heavy atom. The molecule has 0 heterocycles. The Kier molecular flexibility index (Phi) is 4.40. The van der Waals surface area contributed by atoms with Gasteiger partial charge in [0.2, 0.25) is 0 Å². The van der Waals surface area contributed by atoms with Gasteiger partial charge in [-0.25, -0.2) is 4.39 Å². The van der Waals surface area contributed by atoms with Gasteiger partial charge in [-0.2, -0.15) is 5.26 Å². The van der Waals surface area contributed by atoms with Crippen molar-refractivity contribution >= 4 is 11.4 Å². The average molecular weight is 237 g/mol. The van der Waals surface area contributed by atoms with E-state index in [-0.39, 0.29) is 12.1 Å². The zero-order valence-electron chi connectivity index (χ0n) is 9.39. The van der Waals surface area contributed by atoms with Gasteiger partial charge in [-0.05, 0) is 13.0 Å². The summed E-state index contributed by atoms with van der Waals surface area (Å²) in [6.07, 6.45) is 0.290. The van der Waals surface area contributed by atoms with Crippen molar-refractivity contribution in [3.05, 3.63) is 34.1 Å². The number of rotatable bonds is 5. The summed E-state index contributed by atoms with van der Waals surface area (Å²) in [7, 11) is 0. The van der Waals surface area contributed by atoms with Crippen LogP contribution in [0.15, 0.2) is 18.2 Å². The van der Waals surface area contributed by atoms with Crippen LogP contribution in [0.25, 0.3) is 0 Å². The van der Waals surface area contributed by atoms with Gasteiger partial charge >= 0.3 is 0 Å². The molecule has 0 saturated carbocycles. The molecule has 5 nitrogen and oxygen atoms in total. The molecule has 0 unspecified atom stereocenters. The molecule has 0 N–H and O–H groups in total. The Morgan fingerprint density at radius 2 is 2.24 bits per heavy atom. The van der Waals surface area contributed by atoms with Gasteiger partial charge in [-0.15, -0.1) is 0 Å². The molecule has 0 radical (unpaired) electrons. The SMILES string of the molecule is CCN(CCC#N)c1cc(F)cc([N+](=O)[O-])c1. The molecule has 6 heteroatoms. The second-order valence-electron chi connectivity index (χ2n) is 3.41. The molecule has 1 rings (SSSR count). The van der Waals surface area contributed by atoms with Crippen molar-refractivity contribution in [3.63, 3.8) is 0 Å². The lowest BCUT2D eigenvalue weighted by Gasteiger charge is -2.21. The fourth-order valence-corrected chi connectivity index (χ4v) is 1.50. The number of anilines is 1. The summed E-state index contributed by atoms with van der Waals surface area (Å²) in [6.45, 7) is 2.82. The molecule has 17 heavy (non-hydrogen) atoms. The molecule has 0 bridgehead atoms. The van der Waals surface area contributed by atoms with E-state index in [4.69, 9.17) is 5.26 Å². The number of nitrogens with zero attached hydrogens (tertiary/aromatic N) is 3. The number of nitro groups is 1. The predicted molar refractivity (Wildman–Crippen MR) is 61.2 cm³/mol. The second-order valence-corrected chi connectivity index (χ2v) is 3.41. The zero-order valence-corrected chi connectivity index (χ0v) is 9.39. The summed E-state index contributed by atoms with van der Waals surface area (Å²) in [4.78, 5) is 11.7. The van der Waals surface area contributed by atoms with Gasteiger partial charge in [-0.3, -0.25) is 10.1 Å². The predicted octanol–water partition coefficient (Wildman–Crippen LogP) is 2.47. The van der Waals surface area contributed by atoms with E-state index in [0.717, 1.165) is 6.07 Å². The fourth-order valence-electron chi connectivity index (χ4n) is 1.50. The Morgan fingerprint density at radius 3 is 2.76 bits per heavy atom. The molecule has 0 aromatic heterocycles. The zero-order chi connectivity index (χ0) is 12.8. The number of benzene rings is 1. The van der Waals surface area contributed by atoms with Gasteiger partial charge in [0.15, 0.2) is 0 Å². The largest absolute Gasteiger partial charge is 0.370 e. The van der Waals surface area contributed by atoms with Gasteiger partial charge in [0.25, 0.3) is 5.69 Å². The molecule has 0 aliphatic carbocycles. The van der Waals surface area contributed by atoms with E-state index in [1.165, 1.54) is 12.1 Å². The lowest BCUT2D eigenvalue weighted by atomic mass is 10.2. The Hall–Kier alpha value is -2.16. The topological polar surface area (TPSA) is 70.2 Å². The molecule has 1 aromatic carbocycles. The van der Waals surface area contributed by atoms with Crippen LogP contribution in [0.2, 0.25) is 0 Å². The Balaban J connectivity index is 3.03. The summed E-state index contributed by atoms with van der Waals surface area (Å²) in [6, 6.07) is 5.40. The van der Waals surface area contributed by atoms with E-state index in [1.807, 2.05) is 13.0 Å². The Bertz CT molecular complexity index is 457. The molecule has 0 atom stereocenters. The second kappa shape index (κ2) is 5.80. The highest BCUT2D eigenvalue weighted by Gasteiger charge is 2.13. The lowest BCUT2D eigenvalue weighted by Crippen LogP contribution is -2.23. The minimum absolute atomic E-state index is 0.282. The van der Waals surface area contributed by atoms with E-state index in [9.17, 15) is 14.5 Å². The first kappa shape index (κ1) is 12.9. The van der Waals surface area contributed by atoms with Gasteiger partial charge in [0, 0.05) is 24.8 Å². The number of non-ortho nitro benzene ring substituents is 1. The maximum Gasteiger partial charge on any atom is 0.274 e. The van der Waals surface area contributed by atoms with E-state index >= 15 is 0 Å². The van der Waals surface area contributed by atoms with Crippen molar-refractivity contribution in [2.75, 3.05) is 18.0 Å². The van der Waals surface area contributed by atoms with Crippen molar-refractivity contribution in [2.24, 2.45) is 0 Å². The van der Waals surface area contributed by atoms with Crippen LogP contribution in [-0.2, 0) is 0 Å². The van der Waals surface area contributed by atoms with Crippen LogP contribution >= 0.6 is 0 Å². The van der Waals surface area contributed by atoms with Crippen LogP contribution in [0.4, 0.5) is 15.8 Å². The summed E-state index contributed by atoms with van der Waals surface area (Å²) >= 11 is 0. The molecular formula is C11H12FN3O2. The molecule has 0 amide bonds. The monoisotopic (exact) mass is 237 g/mol. The van der Waals surface area contributed by atoms with E-state index < -0.39 is 10.7 Å². The van der Waals surface area contributed by atoms with Crippen molar-refractivity contribution in [3.8, 4) is 6.07 Å². The third kappa shape index (κ3) is 3.41. The first-order valence-corrected chi connectivity index (χ1v) is 5.15. The van der Waals surface area contributed by atoms with Crippen molar-refractivity contribution in [2.45, 2.75) is 13.3 Å². The van der Waals surface area contributed by atoms with Gasteiger partial charge in [-0.1, -0.05) is 0 Å². The van der Waals surface area contributed by atoms with E-state index in [2.05, 4.69) is 0 Å². The van der Waals surface area contributed by atoms with Gasteiger partial charge in [0.05, 0.1) is 23.5 Å². The van der Waals surface area contributed by atoms with Crippen LogP contribution in [0.3, 0.4) is 0 Å². The highest BCUT2D eigenvalue weighted by Crippen LogP contribution is 2.23. The maximum atomic E-state index is 13.2. The summed E-state index contributed by atoms with van der Waals surface area (Å²) < 4.78 is 13.2. The van der Waals surface area contributed by atoms with Crippen LogP contribution in [0.1, 0.15) is 13.3 Å². The molecule has 0 spiro atoms. The smallest absolute Gasteiger partial charge is 0.274 e. The first-order valence-electron chi connectivity index (χ1n) is 5.15.